The summed E-state index contributed by atoms with van der Waals surface area (Å²) in [4.78, 5) is 31.7. The van der Waals surface area contributed by atoms with Crippen LogP contribution in [-0.4, -0.2) is 21.8 Å². The van der Waals surface area contributed by atoms with Crippen molar-refractivity contribution in [3.63, 3.8) is 0 Å². The van der Waals surface area contributed by atoms with Crippen LogP contribution in [0.25, 0.3) is 5.76 Å². The minimum absolute atomic E-state index is 0.0625. The van der Waals surface area contributed by atoms with Gasteiger partial charge in [-0.3, -0.25) is 14.5 Å². The molecule has 1 aliphatic rings. The number of carbonyl (C=O) groups is 2. The lowest BCUT2D eigenvalue weighted by Gasteiger charge is -2.25. The first kappa shape index (κ1) is 17.7. The Morgan fingerprint density at radius 1 is 0.929 bits per heavy atom. The number of ketones is 1. The Kier molecular flexibility index (Phi) is 4.49. The maximum absolute atomic E-state index is 13.0. The molecule has 28 heavy (non-hydrogen) atoms. The Hall–Kier alpha value is -3.73. The zero-order valence-electron chi connectivity index (χ0n) is 15.2. The average molecular weight is 370 g/mol. The highest BCUT2D eigenvalue weighted by Crippen LogP contribution is 2.42. The number of hydrogen-bond acceptors (Lipinski definition) is 4. The zero-order valence-corrected chi connectivity index (χ0v) is 15.2. The first-order valence-electron chi connectivity index (χ1n) is 8.92. The van der Waals surface area contributed by atoms with Gasteiger partial charge in [0.2, 0.25) is 0 Å². The van der Waals surface area contributed by atoms with E-state index in [9.17, 15) is 14.7 Å². The van der Waals surface area contributed by atoms with Crippen LogP contribution in [0.2, 0.25) is 0 Å². The van der Waals surface area contributed by atoms with Crippen LogP contribution in [0.3, 0.4) is 0 Å². The summed E-state index contributed by atoms with van der Waals surface area (Å²) < 4.78 is 0. The molecule has 0 spiro atoms. The van der Waals surface area contributed by atoms with Crippen molar-refractivity contribution < 1.29 is 14.7 Å². The van der Waals surface area contributed by atoms with Gasteiger partial charge in [-0.05, 0) is 24.1 Å². The van der Waals surface area contributed by atoms with Gasteiger partial charge in [0.25, 0.3) is 5.78 Å². The summed E-state index contributed by atoms with van der Waals surface area (Å²) in [6, 6.07) is 20.8. The molecule has 1 aromatic heterocycles. The van der Waals surface area contributed by atoms with E-state index in [1.165, 1.54) is 4.90 Å². The number of nitrogens with zero attached hydrogens (tertiary/aromatic N) is 2. The summed E-state index contributed by atoms with van der Waals surface area (Å²) in [5.74, 6) is -1.21. The van der Waals surface area contributed by atoms with Gasteiger partial charge in [-0.25, -0.2) is 4.98 Å². The number of amides is 1. The van der Waals surface area contributed by atoms with Gasteiger partial charge in [0.1, 0.15) is 11.6 Å². The molecule has 1 saturated heterocycles. The highest BCUT2D eigenvalue weighted by atomic mass is 16.3. The summed E-state index contributed by atoms with van der Waals surface area (Å²) in [7, 11) is 0. The molecule has 2 aromatic carbocycles. The third-order valence-corrected chi connectivity index (χ3v) is 4.82. The fourth-order valence-corrected chi connectivity index (χ4v) is 3.48. The number of pyridine rings is 1. The Morgan fingerprint density at radius 2 is 1.57 bits per heavy atom. The van der Waals surface area contributed by atoms with E-state index >= 15 is 0 Å². The third-order valence-electron chi connectivity index (χ3n) is 4.82. The van der Waals surface area contributed by atoms with Crippen LogP contribution < -0.4 is 4.90 Å². The van der Waals surface area contributed by atoms with Crippen molar-refractivity contribution >= 4 is 23.3 Å². The van der Waals surface area contributed by atoms with Crippen molar-refractivity contribution in [3.05, 3.63) is 101 Å². The molecule has 0 saturated carbocycles. The molecular formula is C23H18N2O3. The molecule has 0 aliphatic carbocycles. The maximum Gasteiger partial charge on any atom is 0.301 e. The van der Waals surface area contributed by atoms with E-state index in [-0.39, 0.29) is 11.3 Å². The molecule has 4 rings (SSSR count). The number of Topliss-reactive ketones (excluding diaryl/α,β-unsaturated/α-hetero) is 1. The average Bonchev–Trinajstić information content (AvgIpc) is 3.00. The molecule has 3 aromatic rings. The Morgan fingerprint density at radius 3 is 2.21 bits per heavy atom. The number of aromatic nitrogens is 1. The van der Waals surface area contributed by atoms with E-state index in [1.807, 2.05) is 49.4 Å². The number of rotatable bonds is 3. The van der Waals surface area contributed by atoms with Crippen molar-refractivity contribution in [1.29, 1.82) is 0 Å². The van der Waals surface area contributed by atoms with Crippen LogP contribution in [0.4, 0.5) is 5.82 Å². The van der Waals surface area contributed by atoms with Gasteiger partial charge in [0, 0.05) is 11.8 Å². The van der Waals surface area contributed by atoms with Crippen LogP contribution in [0, 0.1) is 6.92 Å². The molecule has 1 atom stereocenters. The second-order valence-corrected chi connectivity index (χ2v) is 6.59. The molecule has 1 aliphatic heterocycles. The summed E-state index contributed by atoms with van der Waals surface area (Å²) in [6.45, 7) is 1.83. The topological polar surface area (TPSA) is 70.5 Å². The first-order valence-corrected chi connectivity index (χ1v) is 8.92. The van der Waals surface area contributed by atoms with E-state index in [4.69, 9.17) is 0 Å². The molecule has 0 bridgehead atoms. The summed E-state index contributed by atoms with van der Waals surface area (Å²) >= 11 is 0. The van der Waals surface area contributed by atoms with Gasteiger partial charge >= 0.3 is 5.91 Å². The molecule has 138 valence electrons. The lowest BCUT2D eigenvalue weighted by molar-refractivity contribution is -0.132. The maximum atomic E-state index is 13.0. The number of hydrogen-bond donors (Lipinski definition) is 1. The van der Waals surface area contributed by atoms with E-state index in [2.05, 4.69) is 4.98 Å². The number of aliphatic hydroxyl groups is 1. The predicted molar refractivity (Wildman–Crippen MR) is 107 cm³/mol. The largest absolute Gasteiger partial charge is 0.507 e. The number of carbonyl (C=O) groups excluding carboxylic acids is 2. The lowest BCUT2D eigenvalue weighted by Crippen LogP contribution is -2.30. The van der Waals surface area contributed by atoms with Gasteiger partial charge in [-0.15, -0.1) is 0 Å². The molecule has 1 unspecified atom stereocenters. The van der Waals surface area contributed by atoms with Gasteiger partial charge in [-0.1, -0.05) is 66.7 Å². The van der Waals surface area contributed by atoms with Crippen molar-refractivity contribution in [2.75, 3.05) is 4.90 Å². The zero-order chi connectivity index (χ0) is 19.7. The van der Waals surface area contributed by atoms with E-state index < -0.39 is 17.7 Å². The molecule has 1 N–H and O–H groups in total. The van der Waals surface area contributed by atoms with Crippen LogP contribution in [0.5, 0.6) is 0 Å². The van der Waals surface area contributed by atoms with Crippen LogP contribution in [0.1, 0.15) is 22.7 Å². The van der Waals surface area contributed by atoms with Gasteiger partial charge in [0.05, 0.1) is 11.6 Å². The number of aliphatic hydroxyl groups excluding tert-OH is 1. The predicted octanol–water partition coefficient (Wildman–Crippen LogP) is 4.02. The molecule has 5 heteroatoms. The highest BCUT2D eigenvalue weighted by molar-refractivity contribution is 6.51. The monoisotopic (exact) mass is 370 g/mol. The smallest absolute Gasteiger partial charge is 0.301 e. The summed E-state index contributed by atoms with van der Waals surface area (Å²) in [5, 5.41) is 10.9. The van der Waals surface area contributed by atoms with Crippen LogP contribution in [0.15, 0.2) is 84.6 Å². The molecule has 0 radical (unpaired) electrons. The van der Waals surface area contributed by atoms with Crippen LogP contribution >= 0.6 is 0 Å². The normalized spacial score (nSPS) is 18.5. The second-order valence-electron chi connectivity index (χ2n) is 6.59. The van der Waals surface area contributed by atoms with E-state index in [0.717, 1.165) is 11.1 Å². The standard InChI is InChI=1S/C23H18N2O3/c1-15-9-8-14-24-22(15)25-19(16-10-4-2-5-11-16)18(21(27)23(25)28)20(26)17-12-6-3-7-13-17/h2-14,19,26H,1H3/b20-18-. The molecular weight excluding hydrogens is 352 g/mol. The van der Waals surface area contributed by atoms with Crippen molar-refractivity contribution in [2.24, 2.45) is 0 Å². The van der Waals surface area contributed by atoms with Crippen molar-refractivity contribution in [1.82, 2.24) is 4.98 Å². The Labute approximate surface area is 162 Å². The molecule has 2 heterocycles. The Bertz CT molecular complexity index is 1080. The van der Waals surface area contributed by atoms with E-state index in [1.54, 1.807) is 36.5 Å². The SMILES string of the molecule is Cc1cccnc1N1C(=O)C(=O)/C(=C(\O)c2ccccc2)C1c1ccccc1. The lowest BCUT2D eigenvalue weighted by atomic mass is 9.95. The van der Waals surface area contributed by atoms with Crippen molar-refractivity contribution in [2.45, 2.75) is 13.0 Å². The van der Waals surface area contributed by atoms with Crippen molar-refractivity contribution in [3.8, 4) is 0 Å². The minimum Gasteiger partial charge on any atom is -0.507 e. The Balaban J connectivity index is 1.97. The first-order chi connectivity index (χ1) is 13.6. The molecule has 5 nitrogen and oxygen atoms in total. The summed E-state index contributed by atoms with van der Waals surface area (Å²) in [6.07, 6.45) is 1.58. The number of anilines is 1. The summed E-state index contributed by atoms with van der Waals surface area (Å²) in [5.41, 5.74) is 2.04. The highest BCUT2D eigenvalue weighted by Gasteiger charge is 2.47. The molecule has 1 amide bonds. The third kappa shape index (κ3) is 2.87. The van der Waals surface area contributed by atoms with Gasteiger partial charge < -0.3 is 5.11 Å². The quantitative estimate of drug-likeness (QED) is 0.429. The number of benzene rings is 2. The second kappa shape index (κ2) is 7.12. The van der Waals surface area contributed by atoms with Crippen LogP contribution in [-0.2, 0) is 9.59 Å². The van der Waals surface area contributed by atoms with Gasteiger partial charge in [0.15, 0.2) is 0 Å². The fourth-order valence-electron chi connectivity index (χ4n) is 3.48. The fraction of sp³-hybridized carbons (Fsp3) is 0.0870. The minimum atomic E-state index is -0.755. The number of aryl methyl sites for hydroxylation is 1. The molecule has 1 fully saturated rings. The van der Waals surface area contributed by atoms with Gasteiger partial charge in [-0.2, -0.15) is 0 Å². The van der Waals surface area contributed by atoms with E-state index in [0.29, 0.717) is 11.4 Å².